The molecular formula is C14H26N2O3. The van der Waals surface area contributed by atoms with Crippen LogP contribution in [0.15, 0.2) is 0 Å². The van der Waals surface area contributed by atoms with Gasteiger partial charge in [-0.15, -0.1) is 0 Å². The summed E-state index contributed by atoms with van der Waals surface area (Å²) in [5.74, 6) is -1.07. The number of hydrogen-bond donors (Lipinski definition) is 1. The predicted molar refractivity (Wildman–Crippen MR) is 74.0 cm³/mol. The highest BCUT2D eigenvalue weighted by Gasteiger charge is 2.22. The molecule has 5 heteroatoms. The summed E-state index contributed by atoms with van der Waals surface area (Å²) in [4.78, 5) is 25.3. The minimum atomic E-state index is -0.682. The third kappa shape index (κ3) is 5.70. The lowest BCUT2D eigenvalue weighted by molar-refractivity contribution is -0.153. The third-order valence-electron chi connectivity index (χ3n) is 3.50. The van der Waals surface area contributed by atoms with E-state index in [0.29, 0.717) is 12.5 Å². The first-order valence-electron chi connectivity index (χ1n) is 7.33. The van der Waals surface area contributed by atoms with Crippen molar-refractivity contribution in [1.29, 1.82) is 0 Å². The monoisotopic (exact) mass is 270 g/mol. The number of nitrogens with zero attached hydrogens (tertiary/aromatic N) is 1. The Labute approximate surface area is 115 Å². The molecule has 1 fully saturated rings. The Morgan fingerprint density at radius 2 is 1.89 bits per heavy atom. The number of carbonyl (C=O) groups is 2. The molecule has 1 heterocycles. The molecule has 5 nitrogen and oxygen atoms in total. The second-order valence-electron chi connectivity index (χ2n) is 4.91. The first kappa shape index (κ1) is 16.1. The van der Waals surface area contributed by atoms with Gasteiger partial charge in [0, 0.05) is 38.6 Å². The molecule has 0 saturated carbocycles. The fourth-order valence-corrected chi connectivity index (χ4v) is 2.50. The predicted octanol–water partition coefficient (Wildman–Crippen LogP) is 0.973. The number of nitrogens with one attached hydrogen (secondary N) is 1. The largest absolute Gasteiger partial charge is 0.460 e. The second kappa shape index (κ2) is 9.04. The maximum absolute atomic E-state index is 11.6. The van der Waals surface area contributed by atoms with Gasteiger partial charge in [-0.2, -0.15) is 0 Å². The standard InChI is InChI=1S/C14H26N2O3/c1-3-5-12(16-10-8-15-9-11-16)6-7-13(17)14(18)19-4-2/h12,15H,3-11H2,1-2H3/t12-/m0/s1. The van der Waals surface area contributed by atoms with Gasteiger partial charge in [0.2, 0.25) is 5.78 Å². The van der Waals surface area contributed by atoms with Crippen LogP contribution in [-0.2, 0) is 14.3 Å². The van der Waals surface area contributed by atoms with Crippen LogP contribution < -0.4 is 5.32 Å². The van der Waals surface area contributed by atoms with Crippen molar-refractivity contribution in [2.75, 3.05) is 32.8 Å². The Kier molecular flexibility index (Phi) is 7.67. The van der Waals surface area contributed by atoms with Crippen LogP contribution in [0.25, 0.3) is 0 Å². The number of Topliss-reactive ketones (excluding diaryl/α,β-unsaturated/α-hetero) is 1. The van der Waals surface area contributed by atoms with E-state index >= 15 is 0 Å². The Hall–Kier alpha value is -0.940. The lowest BCUT2D eigenvalue weighted by Crippen LogP contribution is -2.48. The first-order valence-corrected chi connectivity index (χ1v) is 7.33. The summed E-state index contributed by atoms with van der Waals surface area (Å²) in [5.41, 5.74) is 0. The highest BCUT2D eigenvalue weighted by molar-refractivity contribution is 6.33. The topological polar surface area (TPSA) is 58.6 Å². The summed E-state index contributed by atoms with van der Waals surface area (Å²) in [6, 6.07) is 0.408. The van der Waals surface area contributed by atoms with Crippen molar-refractivity contribution in [2.24, 2.45) is 0 Å². The van der Waals surface area contributed by atoms with Crippen molar-refractivity contribution >= 4 is 11.8 Å². The molecule has 1 N–H and O–H groups in total. The average molecular weight is 270 g/mol. The maximum atomic E-state index is 11.6. The Bertz CT molecular complexity index is 288. The molecule has 1 rings (SSSR count). The lowest BCUT2D eigenvalue weighted by Gasteiger charge is -2.34. The molecule has 0 aliphatic carbocycles. The van der Waals surface area contributed by atoms with Crippen LogP contribution in [0, 0.1) is 0 Å². The molecule has 0 spiro atoms. The molecule has 1 aliphatic heterocycles. The van der Waals surface area contributed by atoms with Crippen LogP contribution in [0.1, 0.15) is 39.5 Å². The van der Waals surface area contributed by atoms with E-state index in [4.69, 9.17) is 4.74 Å². The number of carbonyl (C=O) groups excluding carboxylic acids is 2. The highest BCUT2D eigenvalue weighted by atomic mass is 16.5. The number of ketones is 1. The molecule has 0 bridgehead atoms. The molecule has 0 unspecified atom stereocenters. The quantitative estimate of drug-likeness (QED) is 0.526. The van der Waals surface area contributed by atoms with Crippen LogP contribution in [-0.4, -0.2) is 55.5 Å². The van der Waals surface area contributed by atoms with Crippen LogP contribution in [0.4, 0.5) is 0 Å². The first-order chi connectivity index (χ1) is 9.19. The van der Waals surface area contributed by atoms with E-state index in [1.54, 1.807) is 6.92 Å². The third-order valence-corrected chi connectivity index (χ3v) is 3.50. The zero-order chi connectivity index (χ0) is 14.1. The molecule has 110 valence electrons. The van der Waals surface area contributed by atoms with E-state index in [9.17, 15) is 9.59 Å². The zero-order valence-electron chi connectivity index (χ0n) is 12.1. The summed E-state index contributed by atoms with van der Waals surface area (Å²) < 4.78 is 4.73. The average Bonchev–Trinajstić information content (AvgIpc) is 2.44. The minimum Gasteiger partial charge on any atom is -0.460 e. The summed E-state index contributed by atoms with van der Waals surface area (Å²) in [7, 11) is 0. The Morgan fingerprint density at radius 1 is 1.21 bits per heavy atom. The van der Waals surface area contributed by atoms with Gasteiger partial charge in [0.25, 0.3) is 0 Å². The van der Waals surface area contributed by atoms with Gasteiger partial charge in [-0.3, -0.25) is 9.69 Å². The molecule has 0 aromatic rings. The van der Waals surface area contributed by atoms with Gasteiger partial charge in [0.15, 0.2) is 0 Å². The summed E-state index contributed by atoms with van der Waals surface area (Å²) in [6.07, 6.45) is 3.23. The van der Waals surface area contributed by atoms with E-state index < -0.39 is 11.8 Å². The molecule has 0 radical (unpaired) electrons. The van der Waals surface area contributed by atoms with Gasteiger partial charge in [0.1, 0.15) is 0 Å². The Balaban J connectivity index is 2.40. The molecule has 0 aromatic heterocycles. The number of piperazine rings is 1. The number of ether oxygens (including phenoxy) is 1. The number of hydrogen-bond acceptors (Lipinski definition) is 5. The Morgan fingerprint density at radius 3 is 2.47 bits per heavy atom. The number of esters is 1. The van der Waals surface area contributed by atoms with Crippen LogP contribution in [0.3, 0.4) is 0 Å². The second-order valence-corrected chi connectivity index (χ2v) is 4.91. The maximum Gasteiger partial charge on any atom is 0.374 e. The van der Waals surface area contributed by atoms with Crippen molar-refractivity contribution in [2.45, 2.75) is 45.6 Å². The lowest BCUT2D eigenvalue weighted by atomic mass is 10.0. The fourth-order valence-electron chi connectivity index (χ4n) is 2.50. The van der Waals surface area contributed by atoms with Crippen LogP contribution >= 0.6 is 0 Å². The van der Waals surface area contributed by atoms with Crippen molar-refractivity contribution in [1.82, 2.24) is 10.2 Å². The molecular weight excluding hydrogens is 244 g/mol. The van der Waals surface area contributed by atoms with Gasteiger partial charge in [0.05, 0.1) is 6.61 Å². The normalized spacial score (nSPS) is 18.0. The van der Waals surface area contributed by atoms with E-state index in [0.717, 1.165) is 45.4 Å². The van der Waals surface area contributed by atoms with E-state index in [1.165, 1.54) is 0 Å². The van der Waals surface area contributed by atoms with Gasteiger partial charge < -0.3 is 10.1 Å². The summed E-state index contributed by atoms with van der Waals surface area (Å²) >= 11 is 0. The van der Waals surface area contributed by atoms with Crippen molar-refractivity contribution in [3.63, 3.8) is 0 Å². The van der Waals surface area contributed by atoms with Gasteiger partial charge in [-0.05, 0) is 19.8 Å². The summed E-state index contributed by atoms with van der Waals surface area (Å²) in [5, 5.41) is 3.33. The highest BCUT2D eigenvalue weighted by Crippen LogP contribution is 2.14. The molecule has 1 aliphatic rings. The molecule has 19 heavy (non-hydrogen) atoms. The van der Waals surface area contributed by atoms with Gasteiger partial charge in [-0.1, -0.05) is 13.3 Å². The molecule has 0 amide bonds. The smallest absolute Gasteiger partial charge is 0.374 e. The molecule has 0 aromatic carbocycles. The molecule has 1 saturated heterocycles. The van der Waals surface area contributed by atoms with Crippen molar-refractivity contribution in [3.8, 4) is 0 Å². The van der Waals surface area contributed by atoms with E-state index in [1.807, 2.05) is 0 Å². The van der Waals surface area contributed by atoms with Crippen LogP contribution in [0.5, 0.6) is 0 Å². The fraction of sp³-hybridized carbons (Fsp3) is 0.857. The van der Waals surface area contributed by atoms with E-state index in [2.05, 4.69) is 17.1 Å². The van der Waals surface area contributed by atoms with Crippen molar-refractivity contribution < 1.29 is 14.3 Å². The van der Waals surface area contributed by atoms with E-state index in [-0.39, 0.29) is 6.61 Å². The van der Waals surface area contributed by atoms with Gasteiger partial charge in [-0.25, -0.2) is 4.79 Å². The molecule has 1 atom stereocenters. The number of rotatable bonds is 8. The van der Waals surface area contributed by atoms with Crippen LogP contribution in [0.2, 0.25) is 0 Å². The zero-order valence-corrected chi connectivity index (χ0v) is 12.1. The van der Waals surface area contributed by atoms with Gasteiger partial charge >= 0.3 is 5.97 Å². The van der Waals surface area contributed by atoms with Crippen molar-refractivity contribution in [3.05, 3.63) is 0 Å². The summed E-state index contributed by atoms with van der Waals surface area (Å²) in [6.45, 7) is 8.20. The minimum absolute atomic E-state index is 0.265. The SMILES string of the molecule is CCC[C@@H](CCC(=O)C(=O)OCC)N1CCNCC1.